The zero-order valence-corrected chi connectivity index (χ0v) is 25.2. The quantitative estimate of drug-likeness (QED) is 0.105. The van der Waals surface area contributed by atoms with Crippen LogP contribution in [0, 0.1) is 0 Å². The fourth-order valence-electron chi connectivity index (χ4n) is 4.18. The number of hydrogen-bond donors (Lipinski definition) is 4. The largest absolute Gasteiger partial charge is 0.479 e. The van der Waals surface area contributed by atoms with Gasteiger partial charge in [-0.3, -0.25) is 5.43 Å². The Kier molecular flexibility index (Phi) is 10.2. The third-order valence-corrected chi connectivity index (χ3v) is 7.58. The lowest BCUT2D eigenvalue weighted by Gasteiger charge is -2.25. The molecule has 0 aromatic heterocycles. The standard InChI is InChI=1S/C32H31N5O7S/c1-21(30(38)39)44-32(41)35-29(33)24-11-8-12-26(19-24)36-37(20-22-9-4-3-5-10-22)31(40)34-25-17-15-23(16-18-25)27-13-6-7-14-28(27)45(2,42)43/h3-19,21,36H,20H2,1-2H3,(H,34,40)(H,38,39)(H2,33,35,41). The van der Waals surface area contributed by atoms with E-state index in [1.165, 1.54) is 11.9 Å². The molecule has 13 heteroatoms. The van der Waals surface area contributed by atoms with E-state index >= 15 is 0 Å². The number of hydrogen-bond acceptors (Lipinski definition) is 7. The van der Waals surface area contributed by atoms with Crippen molar-refractivity contribution in [3.05, 3.63) is 114 Å². The SMILES string of the molecule is CC(OC(=O)N=C(N)c1cccc(NN(Cc2ccccc2)C(=O)Nc2ccc(-c3ccccc3S(C)(=O)=O)cc2)c1)C(=O)O. The van der Waals surface area contributed by atoms with Gasteiger partial charge in [0.25, 0.3) is 0 Å². The molecule has 0 saturated carbocycles. The van der Waals surface area contributed by atoms with Crippen molar-refractivity contribution in [2.24, 2.45) is 10.7 Å². The third-order valence-electron chi connectivity index (χ3n) is 6.42. The Bertz CT molecular complexity index is 1830. The number of aliphatic imine (C=N–C) groups is 1. The molecule has 232 valence electrons. The van der Waals surface area contributed by atoms with Gasteiger partial charge in [0.05, 0.1) is 17.1 Å². The zero-order valence-electron chi connectivity index (χ0n) is 24.4. The van der Waals surface area contributed by atoms with E-state index in [0.29, 0.717) is 28.1 Å². The Morgan fingerprint density at radius 1 is 0.911 bits per heavy atom. The molecule has 0 aliphatic heterocycles. The minimum Gasteiger partial charge on any atom is -0.479 e. The molecule has 0 aliphatic rings. The van der Waals surface area contributed by atoms with Crippen LogP contribution in [0.1, 0.15) is 18.1 Å². The molecule has 0 heterocycles. The fourth-order valence-corrected chi connectivity index (χ4v) is 5.09. The molecular formula is C32H31N5O7S. The smallest absolute Gasteiger partial charge is 0.436 e. The number of urea groups is 1. The number of carbonyl (C=O) groups excluding carboxylic acids is 2. The van der Waals surface area contributed by atoms with E-state index in [1.54, 1.807) is 72.8 Å². The highest BCUT2D eigenvalue weighted by atomic mass is 32.2. The molecule has 45 heavy (non-hydrogen) atoms. The van der Waals surface area contributed by atoms with Gasteiger partial charge < -0.3 is 20.9 Å². The van der Waals surface area contributed by atoms with E-state index in [4.69, 9.17) is 15.6 Å². The van der Waals surface area contributed by atoms with Crippen LogP contribution in [0.15, 0.2) is 113 Å². The van der Waals surface area contributed by atoms with Gasteiger partial charge in [0.15, 0.2) is 15.9 Å². The molecule has 12 nitrogen and oxygen atoms in total. The fraction of sp³-hybridized carbons (Fsp3) is 0.125. The molecule has 1 unspecified atom stereocenters. The second-order valence-electron chi connectivity index (χ2n) is 9.90. The Morgan fingerprint density at radius 2 is 1.58 bits per heavy atom. The molecule has 0 aliphatic carbocycles. The molecular weight excluding hydrogens is 598 g/mol. The highest BCUT2D eigenvalue weighted by Gasteiger charge is 2.18. The Hall–Kier alpha value is -5.69. The molecule has 0 saturated heterocycles. The van der Waals surface area contributed by atoms with Crippen LogP contribution in [-0.2, 0) is 25.9 Å². The topological polar surface area (TPSA) is 180 Å². The lowest BCUT2D eigenvalue weighted by Crippen LogP contribution is -2.39. The number of nitrogens with zero attached hydrogens (tertiary/aromatic N) is 2. The normalized spacial score (nSPS) is 12.1. The van der Waals surface area contributed by atoms with Crippen molar-refractivity contribution in [2.75, 3.05) is 17.0 Å². The number of sulfone groups is 1. The number of anilines is 2. The van der Waals surface area contributed by atoms with Crippen molar-refractivity contribution in [3.8, 4) is 11.1 Å². The first-order valence-corrected chi connectivity index (χ1v) is 15.5. The number of amides is 3. The van der Waals surface area contributed by atoms with Crippen LogP contribution in [0.25, 0.3) is 11.1 Å². The summed E-state index contributed by atoms with van der Waals surface area (Å²) in [6.45, 7) is 1.36. The predicted octanol–water partition coefficient (Wildman–Crippen LogP) is 5.13. The zero-order chi connectivity index (χ0) is 32.6. The van der Waals surface area contributed by atoms with Crippen molar-refractivity contribution in [1.29, 1.82) is 0 Å². The summed E-state index contributed by atoms with van der Waals surface area (Å²) in [6, 6.07) is 28.7. The molecule has 4 aromatic carbocycles. The molecule has 3 amide bonds. The van der Waals surface area contributed by atoms with Crippen LogP contribution in [0.4, 0.5) is 21.0 Å². The van der Waals surface area contributed by atoms with Crippen molar-refractivity contribution in [3.63, 3.8) is 0 Å². The Morgan fingerprint density at radius 3 is 2.24 bits per heavy atom. The highest BCUT2D eigenvalue weighted by Crippen LogP contribution is 2.28. The summed E-state index contributed by atoms with van der Waals surface area (Å²) in [7, 11) is -3.45. The number of rotatable bonds is 10. The Balaban J connectivity index is 1.54. The number of amidine groups is 1. The lowest BCUT2D eigenvalue weighted by molar-refractivity contribution is -0.145. The number of nitrogens with two attached hydrogens (primary N) is 1. The second kappa shape index (κ2) is 14.2. The number of ether oxygens (including phenoxy) is 1. The predicted molar refractivity (Wildman–Crippen MR) is 170 cm³/mol. The molecule has 5 N–H and O–H groups in total. The highest BCUT2D eigenvalue weighted by molar-refractivity contribution is 7.90. The summed E-state index contributed by atoms with van der Waals surface area (Å²) in [6.07, 6.45) is -1.40. The summed E-state index contributed by atoms with van der Waals surface area (Å²) in [5.74, 6) is -1.54. The third kappa shape index (κ3) is 8.91. The number of hydrazine groups is 1. The Labute approximate surface area is 260 Å². The van der Waals surface area contributed by atoms with E-state index < -0.39 is 34.0 Å². The van der Waals surface area contributed by atoms with Gasteiger partial charge in [-0.05, 0) is 48.4 Å². The first-order valence-electron chi connectivity index (χ1n) is 13.6. The van der Waals surface area contributed by atoms with Gasteiger partial charge in [0.1, 0.15) is 5.84 Å². The summed E-state index contributed by atoms with van der Waals surface area (Å²) >= 11 is 0. The van der Waals surface area contributed by atoms with E-state index in [1.807, 2.05) is 30.3 Å². The van der Waals surface area contributed by atoms with Crippen LogP contribution >= 0.6 is 0 Å². The first-order chi connectivity index (χ1) is 21.4. The van der Waals surface area contributed by atoms with Crippen LogP contribution in [0.3, 0.4) is 0 Å². The number of carboxylic acid groups (broad SMARTS) is 1. The van der Waals surface area contributed by atoms with Crippen LogP contribution in [0.5, 0.6) is 0 Å². The first kappa shape index (κ1) is 32.2. The lowest BCUT2D eigenvalue weighted by atomic mass is 10.1. The number of carbonyl (C=O) groups is 3. The molecule has 4 aromatic rings. The average Bonchev–Trinajstić information content (AvgIpc) is 3.01. The molecule has 0 bridgehead atoms. The van der Waals surface area contributed by atoms with Gasteiger partial charge in [0.2, 0.25) is 0 Å². The van der Waals surface area contributed by atoms with Crippen molar-refractivity contribution < 1.29 is 32.6 Å². The van der Waals surface area contributed by atoms with Crippen molar-refractivity contribution in [1.82, 2.24) is 5.01 Å². The summed E-state index contributed by atoms with van der Waals surface area (Å²) < 4.78 is 29.2. The summed E-state index contributed by atoms with van der Waals surface area (Å²) in [5.41, 5.74) is 12.3. The average molecular weight is 630 g/mol. The van der Waals surface area contributed by atoms with Gasteiger partial charge in [-0.2, -0.15) is 4.99 Å². The van der Waals surface area contributed by atoms with Crippen molar-refractivity contribution >= 4 is 45.1 Å². The number of carboxylic acids is 1. The maximum atomic E-state index is 13.5. The summed E-state index contributed by atoms with van der Waals surface area (Å²) in [5, 5.41) is 13.1. The maximum Gasteiger partial charge on any atom is 0.436 e. The van der Waals surface area contributed by atoms with Crippen LogP contribution in [-0.4, -0.2) is 54.8 Å². The molecule has 4 rings (SSSR count). The molecule has 1 atom stereocenters. The van der Waals surface area contributed by atoms with E-state index in [0.717, 1.165) is 11.8 Å². The van der Waals surface area contributed by atoms with E-state index in [2.05, 4.69) is 15.7 Å². The number of aliphatic carboxylic acids is 1. The van der Waals surface area contributed by atoms with Gasteiger partial charge in [0, 0.05) is 23.1 Å². The van der Waals surface area contributed by atoms with Gasteiger partial charge >= 0.3 is 18.1 Å². The molecule has 0 fully saturated rings. The van der Waals surface area contributed by atoms with Crippen LogP contribution < -0.4 is 16.5 Å². The van der Waals surface area contributed by atoms with Crippen molar-refractivity contribution in [2.45, 2.75) is 24.5 Å². The molecule has 0 radical (unpaired) electrons. The second-order valence-corrected chi connectivity index (χ2v) is 11.9. The summed E-state index contributed by atoms with van der Waals surface area (Å²) in [4.78, 5) is 40.2. The van der Waals surface area contributed by atoms with Gasteiger partial charge in [-0.15, -0.1) is 0 Å². The monoisotopic (exact) mass is 629 g/mol. The molecule has 0 spiro atoms. The van der Waals surface area contributed by atoms with E-state index in [-0.39, 0.29) is 17.3 Å². The minimum absolute atomic E-state index is 0.166. The van der Waals surface area contributed by atoms with Crippen LogP contribution in [0.2, 0.25) is 0 Å². The number of benzene rings is 4. The van der Waals surface area contributed by atoms with Gasteiger partial charge in [-0.25, -0.2) is 27.8 Å². The maximum absolute atomic E-state index is 13.5. The van der Waals surface area contributed by atoms with Gasteiger partial charge in [-0.1, -0.05) is 72.8 Å². The minimum atomic E-state index is -3.45. The van der Waals surface area contributed by atoms with E-state index in [9.17, 15) is 22.8 Å². The number of nitrogens with one attached hydrogen (secondary N) is 2.